The lowest BCUT2D eigenvalue weighted by Crippen LogP contribution is -2.24. The molecular formula is C9H14N3O5P. The molecule has 0 aliphatic rings. The van der Waals surface area contributed by atoms with Gasteiger partial charge in [-0.05, 0) is 18.6 Å². The number of aromatic nitrogens is 2. The molecule has 100 valence electrons. The Morgan fingerprint density at radius 3 is 2.78 bits per heavy atom. The van der Waals surface area contributed by atoms with Crippen molar-refractivity contribution in [3.8, 4) is 0 Å². The number of hydrogen-bond donors (Lipinski definition) is 4. The Hall–Kier alpha value is -1.47. The summed E-state index contributed by atoms with van der Waals surface area (Å²) in [5.41, 5.74) is 4.77. The van der Waals surface area contributed by atoms with Crippen LogP contribution in [0.2, 0.25) is 0 Å². The van der Waals surface area contributed by atoms with Gasteiger partial charge in [-0.3, -0.25) is 9.13 Å². The Kier molecular flexibility index (Phi) is 4.80. The molecule has 0 saturated heterocycles. The predicted molar refractivity (Wildman–Crippen MR) is 64.7 cm³/mol. The summed E-state index contributed by atoms with van der Waals surface area (Å²) in [6, 6.07) is 1.44. The van der Waals surface area contributed by atoms with Gasteiger partial charge in [0.1, 0.15) is 5.82 Å². The Labute approximate surface area is 103 Å². The van der Waals surface area contributed by atoms with Crippen LogP contribution in [0.5, 0.6) is 0 Å². The Bertz CT molecular complexity index is 535. The van der Waals surface area contributed by atoms with E-state index in [0.717, 1.165) is 6.08 Å². The van der Waals surface area contributed by atoms with Crippen LogP contribution < -0.4 is 11.4 Å². The molecule has 0 spiro atoms. The summed E-state index contributed by atoms with van der Waals surface area (Å²) < 4.78 is 11.8. The van der Waals surface area contributed by atoms with Crippen molar-refractivity contribution in [2.24, 2.45) is 0 Å². The van der Waals surface area contributed by atoms with Crippen molar-refractivity contribution in [3.05, 3.63) is 34.6 Å². The van der Waals surface area contributed by atoms with E-state index in [2.05, 4.69) is 4.98 Å². The third-order valence-corrected chi connectivity index (χ3v) is 2.62. The quantitative estimate of drug-likeness (QED) is 0.519. The molecule has 1 rings (SSSR count). The number of hydrogen-bond acceptors (Lipinski definition) is 5. The van der Waals surface area contributed by atoms with Gasteiger partial charge < -0.3 is 20.6 Å². The van der Waals surface area contributed by atoms with Crippen LogP contribution >= 0.6 is 7.60 Å². The van der Waals surface area contributed by atoms with Gasteiger partial charge in [-0.2, -0.15) is 4.98 Å². The highest BCUT2D eigenvalue weighted by molar-refractivity contribution is 7.55. The number of anilines is 1. The van der Waals surface area contributed by atoms with Gasteiger partial charge in [0.25, 0.3) is 0 Å². The maximum absolute atomic E-state index is 11.3. The summed E-state index contributed by atoms with van der Waals surface area (Å²) in [5, 5.41) is 9.43. The lowest BCUT2D eigenvalue weighted by Gasteiger charge is -2.07. The lowest BCUT2D eigenvalue weighted by atomic mass is 10.2. The van der Waals surface area contributed by atoms with Crippen LogP contribution in [-0.2, 0) is 11.1 Å². The largest absolute Gasteiger partial charge is 0.389 e. The van der Waals surface area contributed by atoms with Crippen molar-refractivity contribution in [2.45, 2.75) is 19.1 Å². The molecule has 0 aliphatic heterocycles. The first kappa shape index (κ1) is 14.6. The number of aliphatic hydroxyl groups is 1. The Morgan fingerprint density at radius 2 is 2.22 bits per heavy atom. The molecule has 0 aliphatic carbocycles. The van der Waals surface area contributed by atoms with Gasteiger partial charge in [0.15, 0.2) is 0 Å². The van der Waals surface area contributed by atoms with E-state index < -0.39 is 19.4 Å². The Balaban J connectivity index is 2.58. The highest BCUT2D eigenvalue weighted by Gasteiger charge is 2.08. The number of aliphatic hydroxyl groups excluding tert-OH is 1. The minimum Gasteiger partial charge on any atom is -0.389 e. The van der Waals surface area contributed by atoms with Crippen LogP contribution in [0, 0.1) is 0 Å². The van der Waals surface area contributed by atoms with Gasteiger partial charge in [-0.25, -0.2) is 4.79 Å². The zero-order valence-electron chi connectivity index (χ0n) is 9.38. The van der Waals surface area contributed by atoms with Gasteiger partial charge in [-0.1, -0.05) is 0 Å². The van der Waals surface area contributed by atoms with E-state index in [9.17, 15) is 14.5 Å². The van der Waals surface area contributed by atoms with Crippen molar-refractivity contribution in [1.29, 1.82) is 0 Å². The minimum absolute atomic E-state index is 0.109. The van der Waals surface area contributed by atoms with Crippen LogP contribution in [-0.4, -0.2) is 30.5 Å². The molecule has 1 aromatic rings. The summed E-state index contributed by atoms with van der Waals surface area (Å²) >= 11 is 0. The SMILES string of the molecule is Nc1ccn(CCC(O)C=CP(=O)(O)O)c(=O)n1. The van der Waals surface area contributed by atoms with Gasteiger partial charge >= 0.3 is 13.3 Å². The highest BCUT2D eigenvalue weighted by atomic mass is 31.2. The van der Waals surface area contributed by atoms with Crippen LogP contribution in [0.4, 0.5) is 5.82 Å². The average Bonchev–Trinajstić information content (AvgIpc) is 2.24. The molecule has 1 atom stereocenters. The molecule has 9 heteroatoms. The molecule has 5 N–H and O–H groups in total. The van der Waals surface area contributed by atoms with E-state index >= 15 is 0 Å². The van der Waals surface area contributed by atoms with Crippen LogP contribution in [0.25, 0.3) is 0 Å². The zero-order chi connectivity index (χ0) is 13.8. The monoisotopic (exact) mass is 275 g/mol. The fourth-order valence-corrected chi connectivity index (χ4v) is 1.61. The van der Waals surface area contributed by atoms with E-state index in [0.29, 0.717) is 5.82 Å². The van der Waals surface area contributed by atoms with Crippen molar-refractivity contribution in [3.63, 3.8) is 0 Å². The maximum Gasteiger partial charge on any atom is 0.349 e. The van der Waals surface area contributed by atoms with E-state index in [-0.39, 0.29) is 18.8 Å². The summed E-state index contributed by atoms with van der Waals surface area (Å²) in [5.74, 6) is 0.736. The van der Waals surface area contributed by atoms with Crippen molar-refractivity contribution in [1.82, 2.24) is 9.55 Å². The van der Waals surface area contributed by atoms with E-state index in [1.165, 1.54) is 16.8 Å². The first-order chi connectivity index (χ1) is 8.28. The van der Waals surface area contributed by atoms with Gasteiger partial charge in [0.05, 0.1) is 6.10 Å². The average molecular weight is 275 g/mol. The van der Waals surface area contributed by atoms with Gasteiger partial charge in [-0.15, -0.1) is 0 Å². The van der Waals surface area contributed by atoms with Crippen molar-refractivity contribution < 1.29 is 19.5 Å². The molecule has 0 saturated carbocycles. The molecule has 0 fully saturated rings. The van der Waals surface area contributed by atoms with Crippen LogP contribution in [0.3, 0.4) is 0 Å². The number of nitrogen functional groups attached to an aromatic ring is 1. The normalized spacial score (nSPS) is 13.9. The lowest BCUT2D eigenvalue weighted by molar-refractivity contribution is 0.204. The smallest absolute Gasteiger partial charge is 0.349 e. The third-order valence-electron chi connectivity index (χ3n) is 2.06. The predicted octanol–water partition coefficient (Wildman–Crippen LogP) is -0.732. The second-order valence-electron chi connectivity index (χ2n) is 3.62. The van der Waals surface area contributed by atoms with Crippen LogP contribution in [0.1, 0.15) is 6.42 Å². The standard InChI is InChI=1S/C9H14N3O5P/c10-8-2-5-12(9(14)11-8)4-1-7(13)3-6-18(15,16)17/h2-3,5-7,13H,1,4H2,(H2,10,11,14)(H2,15,16,17). The molecule has 0 aromatic carbocycles. The number of aryl methyl sites for hydroxylation is 1. The van der Waals surface area contributed by atoms with E-state index in [1.807, 2.05) is 0 Å². The second kappa shape index (κ2) is 5.92. The maximum atomic E-state index is 11.3. The van der Waals surface area contributed by atoms with E-state index in [1.54, 1.807) is 0 Å². The molecule has 1 aromatic heterocycles. The van der Waals surface area contributed by atoms with E-state index in [4.69, 9.17) is 15.5 Å². The molecule has 0 radical (unpaired) electrons. The third kappa shape index (κ3) is 5.24. The fraction of sp³-hybridized carbons (Fsp3) is 0.333. The first-order valence-electron chi connectivity index (χ1n) is 5.03. The van der Waals surface area contributed by atoms with Gasteiger partial charge in [0, 0.05) is 18.6 Å². The molecule has 18 heavy (non-hydrogen) atoms. The molecular weight excluding hydrogens is 261 g/mol. The number of rotatable bonds is 5. The zero-order valence-corrected chi connectivity index (χ0v) is 10.3. The summed E-state index contributed by atoms with van der Waals surface area (Å²) in [4.78, 5) is 31.9. The molecule has 0 bridgehead atoms. The number of nitrogens with zero attached hydrogens (tertiary/aromatic N) is 2. The van der Waals surface area contributed by atoms with Crippen molar-refractivity contribution in [2.75, 3.05) is 5.73 Å². The topological polar surface area (TPSA) is 139 Å². The van der Waals surface area contributed by atoms with Crippen molar-refractivity contribution >= 4 is 13.4 Å². The fourth-order valence-electron chi connectivity index (χ4n) is 1.19. The van der Waals surface area contributed by atoms with Gasteiger partial charge in [0.2, 0.25) is 0 Å². The first-order valence-corrected chi connectivity index (χ1v) is 6.72. The highest BCUT2D eigenvalue weighted by Crippen LogP contribution is 2.36. The summed E-state index contributed by atoms with van der Waals surface area (Å²) in [7, 11) is -4.27. The Morgan fingerprint density at radius 1 is 1.56 bits per heavy atom. The molecule has 8 nitrogen and oxygen atoms in total. The second-order valence-corrected chi connectivity index (χ2v) is 5.09. The minimum atomic E-state index is -4.27. The summed E-state index contributed by atoms with van der Waals surface area (Å²) in [6.45, 7) is 0.165. The molecule has 1 unspecified atom stereocenters. The molecule has 0 amide bonds. The molecule has 1 heterocycles. The summed E-state index contributed by atoms with van der Waals surface area (Å²) in [6.07, 6.45) is 1.50. The number of nitrogens with two attached hydrogens (primary N) is 1. The van der Waals surface area contributed by atoms with Crippen LogP contribution in [0.15, 0.2) is 29.0 Å².